The number of urea groups is 1. The van der Waals surface area contributed by atoms with Crippen molar-refractivity contribution >= 4 is 12.0 Å². The lowest BCUT2D eigenvalue weighted by atomic mass is 10.2. The number of carboxylic acid groups (broad SMARTS) is 1. The molecule has 1 rings (SSSR count). The van der Waals surface area contributed by atoms with Crippen molar-refractivity contribution in [3.8, 4) is 0 Å². The van der Waals surface area contributed by atoms with Crippen LogP contribution < -0.4 is 10.6 Å². The van der Waals surface area contributed by atoms with E-state index in [-0.39, 0.29) is 12.5 Å². The number of rotatable bonds is 9. The van der Waals surface area contributed by atoms with E-state index >= 15 is 0 Å². The van der Waals surface area contributed by atoms with E-state index in [1.54, 1.807) is 17.1 Å². The first kappa shape index (κ1) is 14.9. The maximum absolute atomic E-state index is 11.4. The van der Waals surface area contributed by atoms with Gasteiger partial charge in [-0.05, 0) is 12.8 Å². The molecule has 106 valence electrons. The van der Waals surface area contributed by atoms with Crippen LogP contribution in [0.5, 0.6) is 0 Å². The van der Waals surface area contributed by atoms with Crippen LogP contribution in [0, 0.1) is 0 Å². The number of carboxylic acids is 1. The molecule has 1 aromatic rings. The number of nitrogens with zero attached hydrogens (tertiary/aromatic N) is 3. The molecule has 2 amide bonds. The third-order valence-electron chi connectivity index (χ3n) is 2.45. The summed E-state index contributed by atoms with van der Waals surface area (Å²) in [5, 5.41) is 21.3. The molecule has 19 heavy (non-hydrogen) atoms. The molecule has 8 nitrogen and oxygen atoms in total. The maximum Gasteiger partial charge on any atom is 0.314 e. The van der Waals surface area contributed by atoms with E-state index in [2.05, 4.69) is 20.9 Å². The average molecular weight is 269 g/mol. The van der Waals surface area contributed by atoms with Crippen molar-refractivity contribution in [1.29, 1.82) is 0 Å². The number of hydrogen-bond donors (Lipinski definition) is 3. The Morgan fingerprint density at radius 3 is 2.63 bits per heavy atom. The topological polar surface area (TPSA) is 109 Å². The molecule has 1 aromatic heterocycles. The highest BCUT2D eigenvalue weighted by Crippen LogP contribution is 1.98. The Kier molecular flexibility index (Phi) is 7.00. The number of carbonyl (C=O) groups excluding carboxylic acids is 1. The van der Waals surface area contributed by atoms with Crippen LogP contribution in [0.3, 0.4) is 0 Å². The molecule has 0 aliphatic carbocycles. The van der Waals surface area contributed by atoms with Crippen LogP contribution in [0.1, 0.15) is 25.7 Å². The third kappa shape index (κ3) is 7.74. The molecular formula is C11H19N5O3. The minimum atomic E-state index is -0.779. The highest BCUT2D eigenvalue weighted by atomic mass is 16.4. The van der Waals surface area contributed by atoms with Crippen LogP contribution >= 0.6 is 0 Å². The number of unbranched alkanes of at least 4 members (excludes halogenated alkanes) is 2. The molecule has 0 bridgehead atoms. The van der Waals surface area contributed by atoms with E-state index in [9.17, 15) is 9.59 Å². The van der Waals surface area contributed by atoms with Gasteiger partial charge in [0, 0.05) is 25.7 Å². The second-order valence-corrected chi connectivity index (χ2v) is 4.05. The number of amides is 2. The lowest BCUT2D eigenvalue weighted by molar-refractivity contribution is -0.137. The van der Waals surface area contributed by atoms with Crippen molar-refractivity contribution in [3.05, 3.63) is 12.4 Å². The molecule has 0 spiro atoms. The normalized spacial score (nSPS) is 10.1. The lowest BCUT2D eigenvalue weighted by Gasteiger charge is -2.07. The van der Waals surface area contributed by atoms with E-state index < -0.39 is 5.97 Å². The predicted molar refractivity (Wildman–Crippen MR) is 67.5 cm³/mol. The Hall–Kier alpha value is -2.12. The van der Waals surface area contributed by atoms with Crippen molar-refractivity contribution in [3.63, 3.8) is 0 Å². The minimum absolute atomic E-state index is 0.185. The van der Waals surface area contributed by atoms with Gasteiger partial charge in [0.25, 0.3) is 0 Å². The maximum atomic E-state index is 11.4. The molecule has 0 aliphatic rings. The second-order valence-electron chi connectivity index (χ2n) is 4.05. The van der Waals surface area contributed by atoms with Crippen LogP contribution in [0.25, 0.3) is 0 Å². The van der Waals surface area contributed by atoms with E-state index in [0.717, 1.165) is 12.8 Å². The summed E-state index contributed by atoms with van der Waals surface area (Å²) in [6.07, 6.45) is 5.71. The molecule has 0 radical (unpaired) electrons. The van der Waals surface area contributed by atoms with Gasteiger partial charge in [0.15, 0.2) is 0 Å². The molecular weight excluding hydrogens is 250 g/mol. The highest BCUT2D eigenvalue weighted by molar-refractivity contribution is 5.73. The van der Waals surface area contributed by atoms with Gasteiger partial charge in [-0.15, -0.1) is 5.10 Å². The number of hydrogen-bond acceptors (Lipinski definition) is 4. The van der Waals surface area contributed by atoms with Gasteiger partial charge in [-0.25, -0.2) is 4.79 Å². The van der Waals surface area contributed by atoms with Crippen LogP contribution in [-0.4, -0.2) is 45.2 Å². The van der Waals surface area contributed by atoms with E-state index in [1.165, 1.54) is 0 Å². The van der Waals surface area contributed by atoms with Gasteiger partial charge in [-0.2, -0.15) is 0 Å². The van der Waals surface area contributed by atoms with Crippen LogP contribution in [0.2, 0.25) is 0 Å². The summed E-state index contributed by atoms with van der Waals surface area (Å²) in [5.41, 5.74) is 0. The van der Waals surface area contributed by atoms with Gasteiger partial charge in [0.2, 0.25) is 0 Å². The molecule has 0 fully saturated rings. The van der Waals surface area contributed by atoms with Crippen LogP contribution in [-0.2, 0) is 11.3 Å². The SMILES string of the molecule is O=C(O)CCCCCNC(=O)NCCn1ccnn1. The molecule has 3 N–H and O–H groups in total. The summed E-state index contributed by atoms with van der Waals surface area (Å²) in [7, 11) is 0. The standard InChI is InChI=1S/C11H19N5O3/c17-10(18)4-2-1-3-5-12-11(19)13-6-8-16-9-7-14-15-16/h7,9H,1-6,8H2,(H,17,18)(H2,12,13,19). The molecule has 8 heteroatoms. The van der Waals surface area contributed by atoms with Gasteiger partial charge >= 0.3 is 12.0 Å². The average Bonchev–Trinajstić information content (AvgIpc) is 2.86. The lowest BCUT2D eigenvalue weighted by Crippen LogP contribution is -2.37. The fourth-order valence-corrected chi connectivity index (χ4v) is 1.48. The minimum Gasteiger partial charge on any atom is -0.481 e. The number of aliphatic carboxylic acids is 1. The van der Waals surface area contributed by atoms with Gasteiger partial charge in [-0.1, -0.05) is 11.6 Å². The second kappa shape index (κ2) is 8.90. The van der Waals surface area contributed by atoms with Gasteiger partial charge in [0.05, 0.1) is 12.7 Å². The van der Waals surface area contributed by atoms with Crippen molar-refractivity contribution in [2.75, 3.05) is 13.1 Å². The molecule has 0 aliphatic heterocycles. The highest BCUT2D eigenvalue weighted by Gasteiger charge is 2.00. The summed E-state index contributed by atoms with van der Waals surface area (Å²) >= 11 is 0. The van der Waals surface area contributed by atoms with Gasteiger partial charge < -0.3 is 15.7 Å². The first-order chi connectivity index (χ1) is 9.18. The zero-order valence-corrected chi connectivity index (χ0v) is 10.7. The van der Waals surface area contributed by atoms with Crippen LogP contribution in [0.4, 0.5) is 4.79 Å². The first-order valence-corrected chi connectivity index (χ1v) is 6.26. The molecule has 0 aromatic carbocycles. The number of carbonyl (C=O) groups is 2. The molecule has 0 unspecified atom stereocenters. The Balaban J connectivity index is 1.92. The largest absolute Gasteiger partial charge is 0.481 e. The smallest absolute Gasteiger partial charge is 0.314 e. The number of aromatic nitrogens is 3. The van der Waals surface area contributed by atoms with Crippen LogP contribution in [0.15, 0.2) is 12.4 Å². The van der Waals surface area contributed by atoms with E-state index in [0.29, 0.717) is 26.1 Å². The molecule has 0 saturated heterocycles. The summed E-state index contributed by atoms with van der Waals surface area (Å²) in [4.78, 5) is 21.6. The fourth-order valence-electron chi connectivity index (χ4n) is 1.48. The third-order valence-corrected chi connectivity index (χ3v) is 2.45. The fraction of sp³-hybridized carbons (Fsp3) is 0.636. The van der Waals surface area contributed by atoms with E-state index in [1.807, 2.05) is 0 Å². The molecule has 0 saturated carbocycles. The monoisotopic (exact) mass is 269 g/mol. The quantitative estimate of drug-likeness (QED) is 0.556. The molecule has 1 heterocycles. The van der Waals surface area contributed by atoms with Crippen molar-refractivity contribution in [2.24, 2.45) is 0 Å². The van der Waals surface area contributed by atoms with Crippen molar-refractivity contribution in [1.82, 2.24) is 25.6 Å². The predicted octanol–water partition coefficient (Wildman–Crippen LogP) is 0.222. The number of nitrogens with one attached hydrogen (secondary N) is 2. The summed E-state index contributed by atoms with van der Waals surface area (Å²) in [6.45, 7) is 1.61. The zero-order valence-electron chi connectivity index (χ0n) is 10.7. The summed E-state index contributed by atoms with van der Waals surface area (Å²) in [5.74, 6) is -0.779. The Bertz CT molecular complexity index is 380. The van der Waals surface area contributed by atoms with Gasteiger partial charge in [0.1, 0.15) is 0 Å². The summed E-state index contributed by atoms with van der Waals surface area (Å²) < 4.78 is 1.63. The molecule has 0 atom stereocenters. The van der Waals surface area contributed by atoms with Gasteiger partial charge in [-0.3, -0.25) is 9.48 Å². The van der Waals surface area contributed by atoms with E-state index in [4.69, 9.17) is 5.11 Å². The Morgan fingerprint density at radius 1 is 1.16 bits per heavy atom. The zero-order chi connectivity index (χ0) is 13.9. The van der Waals surface area contributed by atoms with Crippen molar-refractivity contribution < 1.29 is 14.7 Å². The Labute approximate surface area is 111 Å². The first-order valence-electron chi connectivity index (χ1n) is 6.26. The Morgan fingerprint density at radius 2 is 1.95 bits per heavy atom. The van der Waals surface area contributed by atoms with Crippen molar-refractivity contribution in [2.45, 2.75) is 32.2 Å². The summed E-state index contributed by atoms with van der Waals surface area (Å²) in [6, 6.07) is -0.224.